The third-order valence-corrected chi connectivity index (χ3v) is 3.00. The number of likely N-dealkylation sites (tertiary alicyclic amines) is 1. The van der Waals surface area contributed by atoms with E-state index in [-0.39, 0.29) is 18.4 Å². The average Bonchev–Trinajstić information content (AvgIpc) is 2.27. The molecule has 0 saturated carbocycles. The number of hydrogen-bond acceptors (Lipinski definition) is 3. The lowest BCUT2D eigenvalue weighted by atomic mass is 9.92. The molecule has 0 bridgehead atoms. The molecule has 1 amide bonds. The zero-order valence-corrected chi connectivity index (χ0v) is 11.6. The fourth-order valence-electron chi connectivity index (χ4n) is 2.02. The van der Waals surface area contributed by atoms with E-state index < -0.39 is 17.8 Å². The normalized spacial score (nSPS) is 17.7. The molecule has 1 saturated heterocycles. The van der Waals surface area contributed by atoms with E-state index >= 15 is 0 Å². The number of nitrogens with zero attached hydrogens (tertiary/aromatic N) is 1. The number of hydrogen-bond donors (Lipinski definition) is 0. The standard InChI is InChI=1S/C13H21F2NO3/c1-13(2,3)19-12(18)16-6-4-9(5-7-16)8-10(17)11(14)15/h9,11H,4-8H2,1-3H3. The van der Waals surface area contributed by atoms with Gasteiger partial charge >= 0.3 is 6.09 Å². The smallest absolute Gasteiger partial charge is 0.410 e. The van der Waals surface area contributed by atoms with Crippen molar-refractivity contribution >= 4 is 11.9 Å². The van der Waals surface area contributed by atoms with Gasteiger partial charge in [0.15, 0.2) is 5.78 Å². The maximum absolute atomic E-state index is 12.1. The van der Waals surface area contributed by atoms with Crippen molar-refractivity contribution in [3.05, 3.63) is 0 Å². The zero-order valence-electron chi connectivity index (χ0n) is 11.6. The van der Waals surface area contributed by atoms with Crippen LogP contribution < -0.4 is 0 Å². The second-order valence-corrected chi connectivity index (χ2v) is 5.88. The predicted molar refractivity (Wildman–Crippen MR) is 66.2 cm³/mol. The summed E-state index contributed by atoms with van der Waals surface area (Å²) in [6, 6.07) is 0. The maximum Gasteiger partial charge on any atom is 0.410 e. The highest BCUT2D eigenvalue weighted by molar-refractivity contribution is 5.81. The second kappa shape index (κ2) is 6.30. The minimum atomic E-state index is -2.89. The molecule has 6 heteroatoms. The van der Waals surface area contributed by atoms with E-state index in [9.17, 15) is 18.4 Å². The number of Topliss-reactive ketones (excluding diaryl/α,β-unsaturated/α-hetero) is 1. The molecule has 0 aromatic heterocycles. The highest BCUT2D eigenvalue weighted by Gasteiger charge is 2.29. The number of ether oxygens (including phenoxy) is 1. The highest BCUT2D eigenvalue weighted by atomic mass is 19.3. The Balaban J connectivity index is 2.37. The van der Waals surface area contributed by atoms with Crippen molar-refractivity contribution in [2.45, 2.75) is 52.1 Å². The van der Waals surface area contributed by atoms with Crippen LogP contribution in [0.1, 0.15) is 40.0 Å². The second-order valence-electron chi connectivity index (χ2n) is 5.88. The predicted octanol–water partition coefficient (Wildman–Crippen LogP) is 2.86. The summed E-state index contributed by atoms with van der Waals surface area (Å²) >= 11 is 0. The Hall–Kier alpha value is -1.20. The minimum absolute atomic E-state index is 0.0554. The molecule has 110 valence electrons. The number of piperidine rings is 1. The largest absolute Gasteiger partial charge is 0.444 e. The molecule has 1 aliphatic rings. The van der Waals surface area contributed by atoms with Crippen molar-refractivity contribution in [1.29, 1.82) is 0 Å². The van der Waals surface area contributed by atoms with Crippen LogP contribution >= 0.6 is 0 Å². The van der Waals surface area contributed by atoms with E-state index in [4.69, 9.17) is 4.74 Å². The quantitative estimate of drug-likeness (QED) is 0.797. The van der Waals surface area contributed by atoms with Crippen molar-refractivity contribution in [1.82, 2.24) is 4.90 Å². The summed E-state index contributed by atoms with van der Waals surface area (Å²) < 4.78 is 29.5. The van der Waals surface area contributed by atoms with Gasteiger partial charge in [-0.25, -0.2) is 13.6 Å². The van der Waals surface area contributed by atoms with Gasteiger partial charge in [-0.1, -0.05) is 0 Å². The van der Waals surface area contributed by atoms with Crippen molar-refractivity contribution in [3.8, 4) is 0 Å². The van der Waals surface area contributed by atoms with Crippen molar-refractivity contribution in [3.63, 3.8) is 0 Å². The summed E-state index contributed by atoms with van der Waals surface area (Å²) in [6.45, 7) is 6.28. The molecule has 0 radical (unpaired) electrons. The summed E-state index contributed by atoms with van der Waals surface area (Å²) in [5, 5.41) is 0. The van der Waals surface area contributed by atoms with Gasteiger partial charge in [-0.3, -0.25) is 4.79 Å². The van der Waals surface area contributed by atoms with Gasteiger partial charge in [0.1, 0.15) is 5.60 Å². The van der Waals surface area contributed by atoms with Crippen LogP contribution in [0.5, 0.6) is 0 Å². The molecule has 0 atom stereocenters. The van der Waals surface area contributed by atoms with Crippen LogP contribution in [0.15, 0.2) is 0 Å². The molecule has 4 nitrogen and oxygen atoms in total. The van der Waals surface area contributed by atoms with Crippen LogP contribution in [-0.4, -0.2) is 41.9 Å². The van der Waals surface area contributed by atoms with Crippen LogP contribution in [0, 0.1) is 5.92 Å². The van der Waals surface area contributed by atoms with E-state index in [1.807, 2.05) is 0 Å². The van der Waals surface area contributed by atoms with E-state index in [0.29, 0.717) is 25.9 Å². The third-order valence-electron chi connectivity index (χ3n) is 3.00. The number of alkyl halides is 2. The first kappa shape index (κ1) is 15.9. The fourth-order valence-corrected chi connectivity index (χ4v) is 2.02. The molecule has 0 aliphatic carbocycles. The van der Waals surface area contributed by atoms with Crippen molar-refractivity contribution in [2.75, 3.05) is 13.1 Å². The summed E-state index contributed by atoms with van der Waals surface area (Å²) in [6.07, 6.45) is -2.23. The first-order valence-corrected chi connectivity index (χ1v) is 6.48. The lowest BCUT2D eigenvalue weighted by Gasteiger charge is -2.33. The van der Waals surface area contributed by atoms with Gasteiger partial charge in [-0.05, 0) is 39.5 Å². The molecule has 0 spiro atoms. The van der Waals surface area contributed by atoms with Gasteiger partial charge in [0, 0.05) is 19.5 Å². The topological polar surface area (TPSA) is 46.6 Å². The lowest BCUT2D eigenvalue weighted by Crippen LogP contribution is -2.42. The third kappa shape index (κ3) is 5.53. The van der Waals surface area contributed by atoms with Crippen molar-refractivity contribution in [2.24, 2.45) is 5.92 Å². The highest BCUT2D eigenvalue weighted by Crippen LogP contribution is 2.23. The molecular weight excluding hydrogens is 256 g/mol. The number of ketones is 1. The summed E-state index contributed by atoms with van der Waals surface area (Å²) in [5.41, 5.74) is -0.542. The Morgan fingerprint density at radius 3 is 2.21 bits per heavy atom. The first-order chi connectivity index (χ1) is 8.69. The van der Waals surface area contributed by atoms with Gasteiger partial charge in [0.2, 0.25) is 0 Å². The summed E-state index contributed by atoms with van der Waals surface area (Å²) in [4.78, 5) is 24.3. The average molecular weight is 277 g/mol. The first-order valence-electron chi connectivity index (χ1n) is 6.48. The van der Waals surface area contributed by atoms with Gasteiger partial charge in [0.25, 0.3) is 6.43 Å². The molecule has 0 aromatic rings. The Morgan fingerprint density at radius 2 is 1.79 bits per heavy atom. The SMILES string of the molecule is CC(C)(C)OC(=O)N1CCC(CC(=O)C(F)F)CC1. The molecule has 1 fully saturated rings. The van der Waals surface area contributed by atoms with E-state index in [1.54, 1.807) is 25.7 Å². The van der Waals surface area contributed by atoms with Crippen LogP contribution in [0.3, 0.4) is 0 Å². The Kier molecular flexibility index (Phi) is 5.26. The van der Waals surface area contributed by atoms with Gasteiger partial charge in [-0.15, -0.1) is 0 Å². The van der Waals surface area contributed by atoms with Gasteiger partial charge < -0.3 is 9.64 Å². The van der Waals surface area contributed by atoms with E-state index in [1.165, 1.54) is 0 Å². The molecule has 0 N–H and O–H groups in total. The number of rotatable bonds is 3. The lowest BCUT2D eigenvalue weighted by molar-refractivity contribution is -0.130. The van der Waals surface area contributed by atoms with Crippen LogP contribution in [-0.2, 0) is 9.53 Å². The summed E-state index contributed by atoms with van der Waals surface area (Å²) in [7, 11) is 0. The number of halogens is 2. The van der Waals surface area contributed by atoms with Gasteiger partial charge in [-0.2, -0.15) is 0 Å². The number of carbonyl (C=O) groups excluding carboxylic acids is 2. The molecule has 19 heavy (non-hydrogen) atoms. The monoisotopic (exact) mass is 277 g/mol. The molecule has 1 heterocycles. The number of amides is 1. The fraction of sp³-hybridized carbons (Fsp3) is 0.846. The van der Waals surface area contributed by atoms with Crippen LogP contribution in [0.2, 0.25) is 0 Å². The zero-order chi connectivity index (χ0) is 14.6. The molecule has 0 unspecified atom stereocenters. The van der Waals surface area contributed by atoms with E-state index in [2.05, 4.69) is 0 Å². The molecule has 0 aromatic carbocycles. The Bertz CT molecular complexity index is 331. The maximum atomic E-state index is 12.1. The molecular formula is C13H21F2NO3. The Labute approximate surface area is 112 Å². The van der Waals surface area contributed by atoms with Gasteiger partial charge in [0.05, 0.1) is 0 Å². The molecule has 1 aliphatic heterocycles. The molecule has 1 rings (SSSR count). The minimum Gasteiger partial charge on any atom is -0.444 e. The number of carbonyl (C=O) groups is 2. The Morgan fingerprint density at radius 1 is 1.26 bits per heavy atom. The summed E-state index contributed by atoms with van der Waals surface area (Å²) in [5.74, 6) is -1.06. The van der Waals surface area contributed by atoms with Crippen molar-refractivity contribution < 1.29 is 23.1 Å². The van der Waals surface area contributed by atoms with Crippen LogP contribution in [0.25, 0.3) is 0 Å². The van der Waals surface area contributed by atoms with E-state index in [0.717, 1.165) is 0 Å². The van der Waals surface area contributed by atoms with Crippen LogP contribution in [0.4, 0.5) is 13.6 Å².